The number of nitrogens with zero attached hydrogens (tertiary/aromatic N) is 3. The van der Waals surface area contributed by atoms with Crippen molar-refractivity contribution in [3.05, 3.63) is 47.5 Å². The molecule has 2 heterocycles. The number of halogens is 1. The number of hydrogen-bond donors (Lipinski definition) is 1. The Morgan fingerprint density at radius 3 is 2.79 bits per heavy atom. The van der Waals surface area contributed by atoms with Crippen molar-refractivity contribution in [1.29, 1.82) is 0 Å². The number of ether oxygens (including phenoxy) is 2. The van der Waals surface area contributed by atoms with E-state index in [1.807, 2.05) is 13.8 Å². The second kappa shape index (κ2) is 11.8. The number of urea groups is 1. The maximum absolute atomic E-state index is 14.2. The Bertz CT molecular complexity index is 1070. The van der Waals surface area contributed by atoms with Crippen molar-refractivity contribution in [1.82, 2.24) is 19.8 Å². The molecule has 1 aromatic carbocycles. The van der Waals surface area contributed by atoms with Crippen LogP contribution >= 0.6 is 0 Å². The minimum absolute atomic E-state index is 0.0638. The fraction of sp³-hybridized carbons (Fsp3) is 0.565. The highest BCUT2D eigenvalue weighted by Gasteiger charge is 2.29. The first kappa shape index (κ1) is 26.1. The summed E-state index contributed by atoms with van der Waals surface area (Å²) < 4.78 is 53.2. The van der Waals surface area contributed by atoms with Crippen LogP contribution < -0.4 is 5.32 Å². The van der Waals surface area contributed by atoms with Gasteiger partial charge in [-0.3, -0.25) is 0 Å². The van der Waals surface area contributed by atoms with Crippen LogP contribution in [0.5, 0.6) is 0 Å². The van der Waals surface area contributed by atoms with Gasteiger partial charge >= 0.3 is 6.03 Å². The van der Waals surface area contributed by atoms with Gasteiger partial charge in [-0.1, -0.05) is 18.2 Å². The Labute approximate surface area is 200 Å². The van der Waals surface area contributed by atoms with Crippen LogP contribution in [0.1, 0.15) is 37.9 Å². The maximum atomic E-state index is 14.2. The Morgan fingerprint density at radius 1 is 1.38 bits per heavy atom. The summed E-state index contributed by atoms with van der Waals surface area (Å²) in [6.45, 7) is 5.40. The van der Waals surface area contributed by atoms with Crippen LogP contribution in [0.25, 0.3) is 0 Å². The number of carbonyl (C=O) groups is 1. The van der Waals surface area contributed by atoms with Crippen LogP contribution in [-0.4, -0.2) is 67.9 Å². The number of hydrogen-bond acceptors (Lipinski definition) is 6. The Hall–Kier alpha value is -2.50. The predicted molar refractivity (Wildman–Crippen MR) is 124 cm³/mol. The first-order valence-electron chi connectivity index (χ1n) is 11.4. The summed E-state index contributed by atoms with van der Waals surface area (Å²) in [5.74, 6) is -1.09. The van der Waals surface area contributed by atoms with Gasteiger partial charge in [0, 0.05) is 31.9 Å². The van der Waals surface area contributed by atoms with Crippen molar-refractivity contribution in [2.75, 3.05) is 26.9 Å². The fourth-order valence-electron chi connectivity index (χ4n) is 3.83. The van der Waals surface area contributed by atoms with Crippen molar-refractivity contribution >= 4 is 15.9 Å². The second-order valence-corrected chi connectivity index (χ2v) is 10.5. The summed E-state index contributed by atoms with van der Waals surface area (Å²) in [6.07, 6.45) is 2.99. The topological polar surface area (TPSA) is 103 Å². The van der Waals surface area contributed by atoms with Gasteiger partial charge in [-0.05, 0) is 32.8 Å². The molecule has 0 saturated carbocycles. The van der Waals surface area contributed by atoms with Crippen molar-refractivity contribution in [3.8, 4) is 0 Å². The molecule has 1 aliphatic heterocycles. The molecule has 2 aromatic rings. The summed E-state index contributed by atoms with van der Waals surface area (Å²) in [5.41, 5.74) is 0.631. The number of rotatable bonds is 11. The first-order chi connectivity index (χ1) is 16.2. The van der Waals surface area contributed by atoms with Gasteiger partial charge in [-0.25, -0.2) is 22.6 Å². The highest BCUT2D eigenvalue weighted by molar-refractivity contribution is 7.90. The van der Waals surface area contributed by atoms with Gasteiger partial charge in [0.2, 0.25) is 15.0 Å². The predicted octanol–water partition coefficient (Wildman–Crippen LogP) is 2.74. The van der Waals surface area contributed by atoms with Gasteiger partial charge < -0.3 is 24.3 Å². The first-order valence-corrected chi connectivity index (χ1v) is 13.0. The van der Waals surface area contributed by atoms with Crippen molar-refractivity contribution in [2.45, 2.75) is 62.8 Å². The van der Waals surface area contributed by atoms with Crippen LogP contribution in [-0.2, 0) is 38.2 Å². The normalized spacial score (nSPS) is 16.2. The second-order valence-electron chi connectivity index (χ2n) is 8.65. The SMILES string of the molecule is COCCN(Cc1cnc(S(=O)(=O)Cc2ccccc2F)n1C[C@H]1CCCO1)C(=O)NC(C)C. The quantitative estimate of drug-likeness (QED) is 0.513. The van der Waals surface area contributed by atoms with E-state index in [1.54, 1.807) is 22.6 Å². The van der Waals surface area contributed by atoms with Crippen LogP contribution in [0.2, 0.25) is 0 Å². The molecule has 0 spiro atoms. The number of amides is 2. The molecule has 1 saturated heterocycles. The summed E-state index contributed by atoms with van der Waals surface area (Å²) in [5, 5.41) is 2.70. The molecule has 0 unspecified atom stereocenters. The minimum atomic E-state index is -3.97. The van der Waals surface area contributed by atoms with Gasteiger partial charge in [0.05, 0.1) is 43.4 Å². The Morgan fingerprint density at radius 2 is 2.15 bits per heavy atom. The van der Waals surface area contributed by atoms with Crippen molar-refractivity contribution < 1.29 is 27.1 Å². The lowest BCUT2D eigenvalue weighted by Crippen LogP contribution is -2.44. The van der Waals surface area contributed by atoms with Crippen molar-refractivity contribution in [3.63, 3.8) is 0 Å². The number of imidazole rings is 1. The third-order valence-corrected chi connectivity index (χ3v) is 7.08. The molecule has 1 aliphatic rings. The largest absolute Gasteiger partial charge is 0.383 e. The van der Waals surface area contributed by atoms with Gasteiger partial charge in [-0.15, -0.1) is 0 Å². The van der Waals surface area contributed by atoms with E-state index in [1.165, 1.54) is 24.4 Å². The van der Waals surface area contributed by atoms with Gasteiger partial charge in [0.1, 0.15) is 5.82 Å². The number of sulfone groups is 1. The van der Waals surface area contributed by atoms with Gasteiger partial charge in [0.25, 0.3) is 0 Å². The van der Waals surface area contributed by atoms with Crippen LogP contribution in [0.15, 0.2) is 35.6 Å². The molecule has 1 atom stereocenters. The van der Waals surface area contributed by atoms with E-state index in [0.29, 0.717) is 25.5 Å². The lowest BCUT2D eigenvalue weighted by Gasteiger charge is -2.25. The lowest BCUT2D eigenvalue weighted by atomic mass is 10.2. The molecule has 2 amide bonds. The molecule has 188 valence electrons. The maximum Gasteiger partial charge on any atom is 0.318 e. The van der Waals surface area contributed by atoms with Crippen LogP contribution in [0.3, 0.4) is 0 Å². The number of benzene rings is 1. The third kappa shape index (κ3) is 6.77. The van der Waals surface area contributed by atoms with Crippen LogP contribution in [0, 0.1) is 5.82 Å². The van der Waals surface area contributed by atoms with E-state index < -0.39 is 21.4 Å². The molecule has 1 fully saturated rings. The zero-order valence-electron chi connectivity index (χ0n) is 19.9. The lowest BCUT2D eigenvalue weighted by molar-refractivity contribution is 0.0930. The molecule has 1 aromatic heterocycles. The average Bonchev–Trinajstić information content (AvgIpc) is 3.43. The van der Waals surface area contributed by atoms with Gasteiger partial charge in [-0.2, -0.15) is 0 Å². The number of methoxy groups -OCH3 is 1. The molecule has 0 bridgehead atoms. The summed E-state index contributed by atoms with van der Waals surface area (Å²) >= 11 is 0. The summed E-state index contributed by atoms with van der Waals surface area (Å²) in [4.78, 5) is 18.5. The van der Waals surface area contributed by atoms with E-state index >= 15 is 0 Å². The van der Waals surface area contributed by atoms with E-state index in [-0.39, 0.29) is 42.0 Å². The molecular weight excluding hydrogens is 463 g/mol. The van der Waals surface area contributed by atoms with Crippen LogP contribution in [0.4, 0.5) is 9.18 Å². The molecular formula is C23H33FN4O5S. The molecule has 3 rings (SSSR count). The van der Waals surface area contributed by atoms with Crippen molar-refractivity contribution in [2.24, 2.45) is 0 Å². The number of nitrogens with one attached hydrogen (secondary N) is 1. The Balaban J connectivity index is 1.93. The summed E-state index contributed by atoms with van der Waals surface area (Å²) in [7, 11) is -2.42. The average molecular weight is 497 g/mol. The minimum Gasteiger partial charge on any atom is -0.383 e. The zero-order valence-corrected chi connectivity index (χ0v) is 20.7. The highest BCUT2D eigenvalue weighted by Crippen LogP contribution is 2.23. The fourth-order valence-corrected chi connectivity index (χ4v) is 5.34. The molecule has 1 N–H and O–H groups in total. The summed E-state index contributed by atoms with van der Waals surface area (Å²) in [6, 6.07) is 5.44. The molecule has 34 heavy (non-hydrogen) atoms. The van der Waals surface area contributed by atoms with E-state index in [9.17, 15) is 17.6 Å². The molecule has 0 radical (unpaired) electrons. The monoisotopic (exact) mass is 496 g/mol. The Kier molecular flexibility index (Phi) is 9.03. The standard InChI is InChI=1S/C23H33FN4O5S/c1-17(2)26-22(29)27(10-12-32-3)14-19-13-25-23(28(19)15-20-8-6-11-33-20)34(30,31)16-18-7-4-5-9-21(18)24/h4-5,7,9,13,17,20H,6,8,10-12,14-16H2,1-3H3,(H,26,29)/t20-/m1/s1. The van der Waals surface area contributed by atoms with Gasteiger partial charge in [0.15, 0.2) is 0 Å². The number of aromatic nitrogens is 2. The molecule has 11 heteroatoms. The number of carbonyl (C=O) groups excluding carboxylic acids is 1. The smallest absolute Gasteiger partial charge is 0.318 e. The highest BCUT2D eigenvalue weighted by atomic mass is 32.2. The van der Waals surface area contributed by atoms with E-state index in [0.717, 1.165) is 12.8 Å². The zero-order chi connectivity index (χ0) is 24.7. The molecule has 0 aliphatic carbocycles. The molecule has 9 nitrogen and oxygen atoms in total. The van der Waals surface area contributed by atoms with E-state index in [2.05, 4.69) is 10.3 Å². The third-order valence-electron chi connectivity index (χ3n) is 5.51. The van der Waals surface area contributed by atoms with E-state index in [4.69, 9.17) is 9.47 Å².